The fraction of sp³-hybridized carbons (Fsp3) is 0.348. The number of nitrogens with one attached hydrogen (secondary N) is 1. The van der Waals surface area contributed by atoms with E-state index in [0.29, 0.717) is 22.4 Å². The molecule has 2 heterocycles. The van der Waals surface area contributed by atoms with Crippen molar-refractivity contribution in [3.63, 3.8) is 0 Å². The number of imide groups is 1. The van der Waals surface area contributed by atoms with E-state index in [-0.39, 0.29) is 44.4 Å². The zero-order valence-corrected chi connectivity index (χ0v) is 19.1. The van der Waals surface area contributed by atoms with E-state index in [9.17, 15) is 22.8 Å². The maximum Gasteiger partial charge on any atom is 0.264 e. The van der Waals surface area contributed by atoms with E-state index in [1.54, 1.807) is 37.3 Å². The molecule has 3 amide bonds. The minimum absolute atomic E-state index is 0.0396. The summed E-state index contributed by atoms with van der Waals surface area (Å²) >= 11 is 0. The normalized spacial score (nSPS) is 20.5. The number of carbonyl (C=O) groups excluding carboxylic acids is 3. The van der Waals surface area contributed by atoms with Crippen molar-refractivity contribution < 1.29 is 31.7 Å². The fourth-order valence-electron chi connectivity index (χ4n) is 3.96. The van der Waals surface area contributed by atoms with Crippen LogP contribution in [-0.4, -0.2) is 42.8 Å². The van der Waals surface area contributed by atoms with Crippen molar-refractivity contribution in [1.82, 2.24) is 10.2 Å². The van der Waals surface area contributed by atoms with Crippen LogP contribution in [0, 0.1) is 0 Å². The van der Waals surface area contributed by atoms with Crippen molar-refractivity contribution in [2.75, 3.05) is 6.26 Å². The molecule has 0 spiro atoms. The quantitative estimate of drug-likeness (QED) is 0.483. The monoisotopic (exact) mass is 472 g/mol. The molecule has 0 bridgehead atoms. The van der Waals surface area contributed by atoms with Gasteiger partial charge < -0.3 is 9.64 Å². The van der Waals surface area contributed by atoms with Crippen LogP contribution in [0.1, 0.15) is 46.8 Å². The fourth-order valence-corrected chi connectivity index (χ4v) is 4.31. The number of fused-ring (bicyclic) bond motifs is 1. The Morgan fingerprint density at radius 1 is 1.03 bits per heavy atom. The SMILES string of the molecule is CC1(N2Cc3c(OCc4ccc(COS(C)(=O)=O)cc4)cccc3C2=O)CCC(=O)NC1=O. The predicted octanol–water partition coefficient (Wildman–Crippen LogP) is 1.89. The molecule has 2 aromatic carbocycles. The van der Waals surface area contributed by atoms with Gasteiger partial charge in [-0.15, -0.1) is 0 Å². The number of ether oxygens (including phenoxy) is 1. The number of piperidine rings is 1. The van der Waals surface area contributed by atoms with E-state index in [1.165, 1.54) is 4.90 Å². The third-order valence-electron chi connectivity index (χ3n) is 5.96. The second-order valence-corrected chi connectivity index (χ2v) is 10.0. The minimum Gasteiger partial charge on any atom is -0.489 e. The standard InChI is InChI=1S/C23H24N2O7S/c1-23(11-10-20(26)24-22(23)28)25-12-18-17(21(25)27)4-3-5-19(18)31-13-15-6-8-16(9-7-15)14-32-33(2,29)30/h3-9H,10-14H2,1-2H3,(H,24,26,28). The van der Waals surface area contributed by atoms with Gasteiger partial charge in [0.15, 0.2) is 0 Å². The van der Waals surface area contributed by atoms with E-state index in [2.05, 4.69) is 5.32 Å². The molecule has 2 aliphatic rings. The molecule has 4 rings (SSSR count). The molecule has 2 aliphatic heterocycles. The zero-order valence-electron chi connectivity index (χ0n) is 18.3. The van der Waals surface area contributed by atoms with Gasteiger partial charge in [0.2, 0.25) is 5.91 Å². The van der Waals surface area contributed by atoms with Crippen LogP contribution < -0.4 is 10.1 Å². The number of hydrogen-bond acceptors (Lipinski definition) is 7. The summed E-state index contributed by atoms with van der Waals surface area (Å²) in [6.45, 7) is 2.09. The second-order valence-electron chi connectivity index (χ2n) is 8.40. The molecule has 33 heavy (non-hydrogen) atoms. The second kappa shape index (κ2) is 8.60. The third kappa shape index (κ3) is 4.76. The maximum atomic E-state index is 13.1. The van der Waals surface area contributed by atoms with E-state index in [1.807, 2.05) is 12.1 Å². The molecule has 0 saturated carbocycles. The van der Waals surface area contributed by atoms with Crippen LogP contribution >= 0.6 is 0 Å². The van der Waals surface area contributed by atoms with Crippen molar-refractivity contribution in [2.45, 2.75) is 45.1 Å². The largest absolute Gasteiger partial charge is 0.489 e. The summed E-state index contributed by atoms with van der Waals surface area (Å²) in [7, 11) is -3.51. The predicted molar refractivity (Wildman–Crippen MR) is 118 cm³/mol. The Morgan fingerprint density at radius 2 is 1.70 bits per heavy atom. The summed E-state index contributed by atoms with van der Waals surface area (Å²) in [4.78, 5) is 38.7. The van der Waals surface area contributed by atoms with Gasteiger partial charge in [-0.3, -0.25) is 23.9 Å². The van der Waals surface area contributed by atoms with Crippen molar-refractivity contribution >= 4 is 27.8 Å². The van der Waals surface area contributed by atoms with Gasteiger partial charge in [0.25, 0.3) is 21.9 Å². The molecule has 0 radical (unpaired) electrons. The van der Waals surface area contributed by atoms with Gasteiger partial charge in [-0.2, -0.15) is 8.42 Å². The zero-order chi connectivity index (χ0) is 23.8. The summed E-state index contributed by atoms with van der Waals surface area (Å²) in [5.74, 6) is -0.525. The van der Waals surface area contributed by atoms with Crippen LogP contribution in [0.15, 0.2) is 42.5 Å². The molecule has 9 nitrogen and oxygen atoms in total. The summed E-state index contributed by atoms with van der Waals surface area (Å²) < 4.78 is 33.0. The van der Waals surface area contributed by atoms with E-state index in [0.717, 1.165) is 11.8 Å². The van der Waals surface area contributed by atoms with Gasteiger partial charge in [0.1, 0.15) is 17.9 Å². The Morgan fingerprint density at radius 3 is 2.33 bits per heavy atom. The molecule has 0 aromatic heterocycles. The lowest BCUT2D eigenvalue weighted by molar-refractivity contribution is -0.142. The first-order valence-electron chi connectivity index (χ1n) is 10.4. The summed E-state index contributed by atoms with van der Waals surface area (Å²) in [6, 6.07) is 12.3. The highest BCUT2D eigenvalue weighted by molar-refractivity contribution is 7.85. The molecule has 1 saturated heterocycles. The lowest BCUT2D eigenvalue weighted by Crippen LogP contribution is -2.61. The Labute approximate surface area is 191 Å². The Hall–Kier alpha value is -3.24. The smallest absolute Gasteiger partial charge is 0.264 e. The van der Waals surface area contributed by atoms with E-state index >= 15 is 0 Å². The molecule has 1 atom stereocenters. The van der Waals surface area contributed by atoms with Crippen LogP contribution in [0.4, 0.5) is 0 Å². The average Bonchev–Trinajstić information content (AvgIpc) is 3.12. The van der Waals surface area contributed by atoms with Crippen LogP contribution in [0.2, 0.25) is 0 Å². The van der Waals surface area contributed by atoms with Crippen LogP contribution in [-0.2, 0) is 43.6 Å². The Balaban J connectivity index is 1.46. The van der Waals surface area contributed by atoms with Crippen LogP contribution in [0.3, 0.4) is 0 Å². The number of hydrogen-bond donors (Lipinski definition) is 1. The molecular weight excluding hydrogens is 448 g/mol. The first kappa shape index (κ1) is 22.9. The topological polar surface area (TPSA) is 119 Å². The van der Waals surface area contributed by atoms with Gasteiger partial charge in [-0.1, -0.05) is 30.3 Å². The van der Waals surface area contributed by atoms with Crippen LogP contribution in [0.5, 0.6) is 5.75 Å². The lowest BCUT2D eigenvalue weighted by Gasteiger charge is -2.39. The number of carbonyl (C=O) groups is 3. The van der Waals surface area contributed by atoms with Gasteiger partial charge in [-0.05, 0) is 36.6 Å². The van der Waals surface area contributed by atoms with Gasteiger partial charge in [0, 0.05) is 17.5 Å². The Bertz CT molecular complexity index is 1220. The van der Waals surface area contributed by atoms with E-state index in [4.69, 9.17) is 8.92 Å². The first-order chi connectivity index (χ1) is 15.6. The maximum absolute atomic E-state index is 13.1. The first-order valence-corrected chi connectivity index (χ1v) is 12.2. The molecule has 0 aliphatic carbocycles. The minimum atomic E-state index is -3.51. The average molecular weight is 473 g/mol. The molecule has 1 N–H and O–H groups in total. The van der Waals surface area contributed by atoms with Gasteiger partial charge in [-0.25, -0.2) is 0 Å². The molecule has 10 heteroatoms. The summed E-state index contributed by atoms with van der Waals surface area (Å²) in [5.41, 5.74) is 1.64. The number of nitrogens with zero attached hydrogens (tertiary/aromatic N) is 1. The highest BCUT2D eigenvalue weighted by atomic mass is 32.2. The number of benzene rings is 2. The van der Waals surface area contributed by atoms with Crippen molar-refractivity contribution in [1.29, 1.82) is 0 Å². The molecule has 2 aromatic rings. The Kier molecular flexibility index (Phi) is 5.98. The summed E-state index contributed by atoms with van der Waals surface area (Å²) in [6.07, 6.45) is 1.44. The summed E-state index contributed by atoms with van der Waals surface area (Å²) in [5, 5.41) is 2.33. The molecule has 174 valence electrons. The van der Waals surface area contributed by atoms with Crippen molar-refractivity contribution in [2.24, 2.45) is 0 Å². The highest BCUT2D eigenvalue weighted by Gasteiger charge is 2.48. The third-order valence-corrected chi connectivity index (χ3v) is 6.50. The number of amides is 3. The van der Waals surface area contributed by atoms with E-state index < -0.39 is 21.6 Å². The number of rotatable bonds is 7. The molecular formula is C23H24N2O7S. The van der Waals surface area contributed by atoms with Gasteiger partial charge in [0.05, 0.1) is 19.4 Å². The lowest BCUT2D eigenvalue weighted by atomic mass is 9.89. The van der Waals surface area contributed by atoms with Crippen molar-refractivity contribution in [3.05, 3.63) is 64.7 Å². The molecule has 1 fully saturated rings. The van der Waals surface area contributed by atoms with Gasteiger partial charge >= 0.3 is 0 Å². The van der Waals surface area contributed by atoms with Crippen LogP contribution in [0.25, 0.3) is 0 Å². The van der Waals surface area contributed by atoms with Crippen molar-refractivity contribution in [3.8, 4) is 5.75 Å². The highest BCUT2D eigenvalue weighted by Crippen LogP contribution is 2.38. The molecule has 1 unspecified atom stereocenters.